The summed E-state index contributed by atoms with van der Waals surface area (Å²) in [6.45, 7) is 8.93. The Bertz CT molecular complexity index is 190. The smallest absolute Gasteiger partial charge is 0.0146 e. The molecule has 0 saturated heterocycles. The molecule has 0 N–H and O–H groups in total. The van der Waals surface area contributed by atoms with Crippen molar-refractivity contribution in [2.24, 2.45) is 11.8 Å². The summed E-state index contributed by atoms with van der Waals surface area (Å²) in [4.78, 5) is 0. The number of hydrogen-bond donors (Lipinski definition) is 0. The third-order valence-electron chi connectivity index (χ3n) is 2.72. The van der Waals surface area contributed by atoms with Crippen molar-refractivity contribution < 1.29 is 0 Å². The SMILES string of the molecule is CC(C)C#CCCCCCCCCC(C)C. The fraction of sp³-hybridized carbons (Fsp3) is 0.875. The van der Waals surface area contributed by atoms with Crippen molar-refractivity contribution in [1.82, 2.24) is 0 Å². The van der Waals surface area contributed by atoms with Gasteiger partial charge in [0.15, 0.2) is 0 Å². The molecule has 0 aliphatic rings. The predicted octanol–water partition coefficient (Wildman–Crippen LogP) is 5.42. The van der Waals surface area contributed by atoms with Crippen LogP contribution in [0.15, 0.2) is 0 Å². The van der Waals surface area contributed by atoms with Crippen LogP contribution in [-0.4, -0.2) is 0 Å². The van der Waals surface area contributed by atoms with Gasteiger partial charge in [-0.05, 0) is 12.3 Å². The molecule has 0 radical (unpaired) electrons. The summed E-state index contributed by atoms with van der Waals surface area (Å²) >= 11 is 0. The van der Waals surface area contributed by atoms with Crippen LogP contribution >= 0.6 is 0 Å². The first-order valence-corrected chi connectivity index (χ1v) is 7.11. The molecule has 0 aliphatic heterocycles. The topological polar surface area (TPSA) is 0 Å². The van der Waals surface area contributed by atoms with E-state index in [0.29, 0.717) is 5.92 Å². The lowest BCUT2D eigenvalue weighted by Gasteiger charge is -2.03. The van der Waals surface area contributed by atoms with Crippen molar-refractivity contribution in [3.63, 3.8) is 0 Å². The van der Waals surface area contributed by atoms with Gasteiger partial charge in [0, 0.05) is 12.3 Å². The maximum atomic E-state index is 3.25. The molecule has 0 amide bonds. The van der Waals surface area contributed by atoms with Crippen molar-refractivity contribution in [3.8, 4) is 11.8 Å². The zero-order valence-corrected chi connectivity index (χ0v) is 11.8. The molecule has 16 heavy (non-hydrogen) atoms. The van der Waals surface area contributed by atoms with Crippen LogP contribution in [0.4, 0.5) is 0 Å². The Labute approximate surface area is 103 Å². The first kappa shape index (κ1) is 15.6. The normalized spacial score (nSPS) is 10.6. The van der Waals surface area contributed by atoms with E-state index in [2.05, 4.69) is 39.5 Å². The Morgan fingerprint density at radius 3 is 1.88 bits per heavy atom. The van der Waals surface area contributed by atoms with Crippen LogP contribution in [0.3, 0.4) is 0 Å². The van der Waals surface area contributed by atoms with E-state index in [1.54, 1.807) is 0 Å². The highest BCUT2D eigenvalue weighted by atomic mass is 14.0. The quantitative estimate of drug-likeness (QED) is 0.380. The van der Waals surface area contributed by atoms with Crippen molar-refractivity contribution >= 4 is 0 Å². The van der Waals surface area contributed by atoms with Gasteiger partial charge in [0.25, 0.3) is 0 Å². The molecule has 0 aromatic heterocycles. The van der Waals surface area contributed by atoms with E-state index in [1.807, 2.05) is 0 Å². The Balaban J connectivity index is 3.08. The van der Waals surface area contributed by atoms with Crippen LogP contribution in [0, 0.1) is 23.7 Å². The third-order valence-corrected chi connectivity index (χ3v) is 2.72. The van der Waals surface area contributed by atoms with Gasteiger partial charge in [-0.25, -0.2) is 0 Å². The molecule has 0 bridgehead atoms. The van der Waals surface area contributed by atoms with Gasteiger partial charge < -0.3 is 0 Å². The molecule has 0 fully saturated rings. The minimum absolute atomic E-state index is 0.538. The molecule has 0 heterocycles. The van der Waals surface area contributed by atoms with Crippen LogP contribution in [0.5, 0.6) is 0 Å². The first-order chi connectivity index (χ1) is 7.63. The number of hydrogen-bond acceptors (Lipinski definition) is 0. The molecule has 0 rings (SSSR count). The minimum Gasteiger partial charge on any atom is -0.103 e. The molecule has 94 valence electrons. The van der Waals surface area contributed by atoms with Crippen LogP contribution in [0.2, 0.25) is 0 Å². The molecule has 0 heteroatoms. The molecule has 0 aliphatic carbocycles. The van der Waals surface area contributed by atoms with E-state index in [0.717, 1.165) is 12.3 Å². The molecule has 0 saturated carbocycles. The van der Waals surface area contributed by atoms with Crippen LogP contribution in [0.1, 0.15) is 79.1 Å². The van der Waals surface area contributed by atoms with Crippen LogP contribution < -0.4 is 0 Å². The zero-order valence-electron chi connectivity index (χ0n) is 11.8. The fourth-order valence-corrected chi connectivity index (χ4v) is 1.75. The molecule has 0 aromatic rings. The average Bonchev–Trinajstić information content (AvgIpc) is 2.20. The molecular formula is C16H30. The molecule has 0 nitrogen and oxygen atoms in total. The van der Waals surface area contributed by atoms with Crippen molar-refractivity contribution in [2.45, 2.75) is 79.1 Å². The summed E-state index contributed by atoms with van der Waals surface area (Å²) in [7, 11) is 0. The van der Waals surface area contributed by atoms with E-state index in [1.165, 1.54) is 44.9 Å². The monoisotopic (exact) mass is 222 g/mol. The van der Waals surface area contributed by atoms with Crippen molar-refractivity contribution in [1.29, 1.82) is 0 Å². The standard InChI is InChI=1S/C16H30/c1-15(2)13-11-9-7-5-6-8-10-12-14-16(3)4/h15-16H,5-11,13H2,1-4H3. The second kappa shape index (κ2) is 11.1. The summed E-state index contributed by atoms with van der Waals surface area (Å²) in [6.07, 6.45) is 10.8. The Morgan fingerprint density at radius 1 is 0.750 bits per heavy atom. The Hall–Kier alpha value is -0.440. The molecule has 0 spiro atoms. The number of rotatable bonds is 8. The molecule has 0 aromatic carbocycles. The summed E-state index contributed by atoms with van der Waals surface area (Å²) in [6, 6.07) is 0. The highest BCUT2D eigenvalue weighted by Gasteiger charge is 1.94. The van der Waals surface area contributed by atoms with Gasteiger partial charge in [0.2, 0.25) is 0 Å². The average molecular weight is 222 g/mol. The summed E-state index contributed by atoms with van der Waals surface area (Å²) < 4.78 is 0. The van der Waals surface area contributed by atoms with Crippen LogP contribution in [0.25, 0.3) is 0 Å². The summed E-state index contributed by atoms with van der Waals surface area (Å²) in [5.74, 6) is 7.89. The van der Waals surface area contributed by atoms with Crippen molar-refractivity contribution in [2.75, 3.05) is 0 Å². The maximum Gasteiger partial charge on any atom is 0.0146 e. The molecule has 0 unspecified atom stereocenters. The third kappa shape index (κ3) is 13.6. The summed E-state index contributed by atoms with van der Waals surface area (Å²) in [5.41, 5.74) is 0. The first-order valence-electron chi connectivity index (χ1n) is 7.11. The fourth-order valence-electron chi connectivity index (χ4n) is 1.75. The lowest BCUT2D eigenvalue weighted by atomic mass is 10.0. The number of unbranched alkanes of at least 4 members (excludes halogenated alkanes) is 6. The van der Waals surface area contributed by atoms with Gasteiger partial charge in [0.05, 0.1) is 0 Å². The van der Waals surface area contributed by atoms with Gasteiger partial charge in [-0.15, -0.1) is 11.8 Å². The van der Waals surface area contributed by atoms with Gasteiger partial charge in [-0.3, -0.25) is 0 Å². The zero-order chi connectivity index (χ0) is 12.2. The van der Waals surface area contributed by atoms with E-state index in [-0.39, 0.29) is 0 Å². The van der Waals surface area contributed by atoms with Crippen molar-refractivity contribution in [3.05, 3.63) is 0 Å². The van der Waals surface area contributed by atoms with E-state index >= 15 is 0 Å². The lowest BCUT2D eigenvalue weighted by Crippen LogP contribution is -1.87. The predicted molar refractivity (Wildman–Crippen MR) is 74.4 cm³/mol. The second-order valence-corrected chi connectivity index (χ2v) is 5.53. The highest BCUT2D eigenvalue weighted by molar-refractivity contribution is 5.00. The highest BCUT2D eigenvalue weighted by Crippen LogP contribution is 2.11. The van der Waals surface area contributed by atoms with Gasteiger partial charge in [0.1, 0.15) is 0 Å². The summed E-state index contributed by atoms with van der Waals surface area (Å²) in [5, 5.41) is 0. The van der Waals surface area contributed by atoms with Gasteiger partial charge >= 0.3 is 0 Å². The molecule has 0 atom stereocenters. The van der Waals surface area contributed by atoms with Gasteiger partial charge in [-0.2, -0.15) is 0 Å². The Kier molecular flexibility index (Phi) is 10.8. The Morgan fingerprint density at radius 2 is 1.31 bits per heavy atom. The lowest BCUT2D eigenvalue weighted by molar-refractivity contribution is 0.512. The molecular weight excluding hydrogens is 192 g/mol. The van der Waals surface area contributed by atoms with E-state index < -0.39 is 0 Å². The minimum atomic E-state index is 0.538. The maximum absolute atomic E-state index is 3.25. The van der Waals surface area contributed by atoms with E-state index in [9.17, 15) is 0 Å². The van der Waals surface area contributed by atoms with E-state index in [4.69, 9.17) is 0 Å². The van der Waals surface area contributed by atoms with Crippen LogP contribution in [-0.2, 0) is 0 Å². The largest absolute Gasteiger partial charge is 0.103 e. The second-order valence-electron chi connectivity index (χ2n) is 5.53. The van der Waals surface area contributed by atoms with Gasteiger partial charge in [-0.1, -0.05) is 66.2 Å².